The first kappa shape index (κ1) is 16.3. The molecule has 2 aliphatic rings. The highest BCUT2D eigenvalue weighted by atomic mass is 16.3. The fourth-order valence-corrected chi connectivity index (χ4v) is 5.02. The van der Waals surface area contributed by atoms with Crippen molar-refractivity contribution >= 4 is 0 Å². The van der Waals surface area contributed by atoms with Gasteiger partial charge < -0.3 is 5.11 Å². The van der Waals surface area contributed by atoms with Crippen LogP contribution in [-0.2, 0) is 0 Å². The summed E-state index contributed by atoms with van der Waals surface area (Å²) < 4.78 is 0. The third kappa shape index (κ3) is 2.53. The van der Waals surface area contributed by atoms with Gasteiger partial charge in [-0.1, -0.05) is 13.8 Å². The van der Waals surface area contributed by atoms with E-state index in [9.17, 15) is 5.11 Å². The molecule has 3 heteroatoms. The van der Waals surface area contributed by atoms with Gasteiger partial charge in [0.15, 0.2) is 0 Å². The molecule has 20 heavy (non-hydrogen) atoms. The van der Waals surface area contributed by atoms with Crippen molar-refractivity contribution in [2.24, 2.45) is 0 Å². The Labute approximate surface area is 125 Å². The standard InChI is InChI=1S/C17H34N2O/c1-5-16(6-2)11-9-10-15(3,4)19(16)17(14-20)12-7-8-13-18-17/h18,20H,5-14H2,1-4H3. The molecule has 0 saturated carbocycles. The molecule has 2 aliphatic heterocycles. The van der Waals surface area contributed by atoms with Crippen molar-refractivity contribution in [1.82, 2.24) is 10.2 Å². The van der Waals surface area contributed by atoms with Gasteiger partial charge in [0, 0.05) is 11.1 Å². The van der Waals surface area contributed by atoms with Gasteiger partial charge in [-0.25, -0.2) is 0 Å². The number of hydrogen-bond acceptors (Lipinski definition) is 3. The fraction of sp³-hybridized carbons (Fsp3) is 1.00. The van der Waals surface area contributed by atoms with E-state index in [1.807, 2.05) is 0 Å². The third-order valence-electron chi connectivity index (χ3n) is 5.99. The van der Waals surface area contributed by atoms with Crippen LogP contribution in [0.3, 0.4) is 0 Å². The van der Waals surface area contributed by atoms with E-state index in [4.69, 9.17) is 0 Å². The minimum Gasteiger partial charge on any atom is -0.393 e. The first-order valence-corrected chi connectivity index (χ1v) is 8.63. The number of aliphatic hydroxyl groups is 1. The van der Waals surface area contributed by atoms with Crippen molar-refractivity contribution < 1.29 is 5.11 Å². The van der Waals surface area contributed by atoms with Gasteiger partial charge in [-0.2, -0.15) is 0 Å². The van der Waals surface area contributed by atoms with Gasteiger partial charge in [-0.15, -0.1) is 0 Å². The quantitative estimate of drug-likeness (QED) is 0.830. The molecule has 2 fully saturated rings. The summed E-state index contributed by atoms with van der Waals surface area (Å²) in [6, 6.07) is 0. The molecular formula is C17H34N2O. The van der Waals surface area contributed by atoms with Crippen molar-refractivity contribution in [1.29, 1.82) is 0 Å². The number of likely N-dealkylation sites (tertiary alicyclic amines) is 1. The Morgan fingerprint density at radius 1 is 1.00 bits per heavy atom. The Hall–Kier alpha value is -0.120. The highest BCUT2D eigenvalue weighted by molar-refractivity contribution is 5.08. The molecule has 0 aromatic heterocycles. The lowest BCUT2D eigenvalue weighted by Gasteiger charge is -2.64. The van der Waals surface area contributed by atoms with E-state index in [1.165, 1.54) is 44.9 Å². The van der Waals surface area contributed by atoms with E-state index < -0.39 is 0 Å². The zero-order valence-corrected chi connectivity index (χ0v) is 14.0. The highest BCUT2D eigenvalue weighted by Crippen LogP contribution is 2.47. The Bertz CT molecular complexity index is 317. The monoisotopic (exact) mass is 282 g/mol. The van der Waals surface area contributed by atoms with Crippen LogP contribution in [0.25, 0.3) is 0 Å². The molecule has 0 radical (unpaired) electrons. The van der Waals surface area contributed by atoms with Crippen LogP contribution in [0.4, 0.5) is 0 Å². The highest BCUT2D eigenvalue weighted by Gasteiger charge is 2.54. The zero-order valence-electron chi connectivity index (χ0n) is 14.0. The molecule has 2 rings (SSSR count). The first-order chi connectivity index (χ1) is 9.46. The molecular weight excluding hydrogens is 248 g/mol. The van der Waals surface area contributed by atoms with Crippen LogP contribution in [0, 0.1) is 0 Å². The molecule has 0 aromatic rings. The Morgan fingerprint density at radius 3 is 2.20 bits per heavy atom. The number of nitrogens with one attached hydrogen (secondary N) is 1. The molecule has 0 aliphatic carbocycles. The normalized spacial score (nSPS) is 34.0. The van der Waals surface area contributed by atoms with Gasteiger partial charge >= 0.3 is 0 Å². The van der Waals surface area contributed by atoms with Gasteiger partial charge in [0.25, 0.3) is 0 Å². The Kier molecular flexibility index (Phi) is 4.83. The summed E-state index contributed by atoms with van der Waals surface area (Å²) in [5.41, 5.74) is 0.209. The summed E-state index contributed by atoms with van der Waals surface area (Å²) in [6.07, 6.45) is 9.71. The van der Waals surface area contributed by atoms with Crippen LogP contribution in [0.2, 0.25) is 0 Å². The second-order valence-electron chi connectivity index (χ2n) is 7.51. The molecule has 2 heterocycles. The van der Waals surface area contributed by atoms with Crippen LogP contribution >= 0.6 is 0 Å². The van der Waals surface area contributed by atoms with Crippen molar-refractivity contribution in [2.45, 2.75) is 95.8 Å². The van der Waals surface area contributed by atoms with Crippen LogP contribution in [-0.4, -0.2) is 39.9 Å². The number of rotatable bonds is 4. The van der Waals surface area contributed by atoms with Gasteiger partial charge in [-0.05, 0) is 71.8 Å². The largest absolute Gasteiger partial charge is 0.393 e. The summed E-state index contributed by atoms with van der Waals surface area (Å²) in [4.78, 5) is 2.70. The van der Waals surface area contributed by atoms with E-state index in [1.54, 1.807) is 0 Å². The van der Waals surface area contributed by atoms with Crippen LogP contribution < -0.4 is 5.32 Å². The average molecular weight is 282 g/mol. The lowest BCUT2D eigenvalue weighted by atomic mass is 9.71. The zero-order chi connectivity index (χ0) is 14.9. The lowest BCUT2D eigenvalue weighted by Crippen LogP contribution is -2.76. The molecule has 3 nitrogen and oxygen atoms in total. The molecule has 0 spiro atoms. The topological polar surface area (TPSA) is 35.5 Å². The predicted molar refractivity (Wildman–Crippen MR) is 84.8 cm³/mol. The van der Waals surface area contributed by atoms with E-state index in [0.29, 0.717) is 0 Å². The minimum absolute atomic E-state index is 0.164. The van der Waals surface area contributed by atoms with Gasteiger partial charge in [0.1, 0.15) is 0 Å². The van der Waals surface area contributed by atoms with Crippen LogP contribution in [0.1, 0.15) is 79.1 Å². The van der Waals surface area contributed by atoms with Gasteiger partial charge in [-0.3, -0.25) is 10.2 Å². The number of nitrogens with zero attached hydrogens (tertiary/aromatic N) is 1. The Morgan fingerprint density at radius 2 is 1.70 bits per heavy atom. The van der Waals surface area contributed by atoms with Gasteiger partial charge in [0.05, 0.1) is 12.3 Å². The Balaban J connectivity index is 2.43. The van der Waals surface area contributed by atoms with Crippen molar-refractivity contribution in [3.8, 4) is 0 Å². The lowest BCUT2D eigenvalue weighted by molar-refractivity contribution is -0.165. The second kappa shape index (κ2) is 5.94. The molecule has 2 saturated heterocycles. The predicted octanol–water partition coefficient (Wildman–Crippen LogP) is 3.27. The molecule has 2 N–H and O–H groups in total. The summed E-state index contributed by atoms with van der Waals surface area (Å²) in [6.45, 7) is 10.7. The molecule has 0 aromatic carbocycles. The first-order valence-electron chi connectivity index (χ1n) is 8.63. The third-order valence-corrected chi connectivity index (χ3v) is 5.99. The fourth-order valence-electron chi connectivity index (χ4n) is 5.02. The summed E-state index contributed by atoms with van der Waals surface area (Å²) in [5.74, 6) is 0. The second-order valence-corrected chi connectivity index (χ2v) is 7.51. The molecule has 1 atom stereocenters. The number of hydrogen-bond donors (Lipinski definition) is 2. The number of aliphatic hydroxyl groups excluding tert-OH is 1. The minimum atomic E-state index is -0.200. The van der Waals surface area contributed by atoms with E-state index in [2.05, 4.69) is 37.9 Å². The van der Waals surface area contributed by atoms with Gasteiger partial charge in [0.2, 0.25) is 0 Å². The maximum atomic E-state index is 10.2. The van der Waals surface area contributed by atoms with Crippen molar-refractivity contribution in [3.05, 3.63) is 0 Å². The molecule has 118 valence electrons. The summed E-state index contributed by atoms with van der Waals surface area (Å²) in [5, 5.41) is 14.0. The maximum Gasteiger partial charge on any atom is 0.0958 e. The maximum absolute atomic E-state index is 10.2. The van der Waals surface area contributed by atoms with Crippen LogP contribution in [0.15, 0.2) is 0 Å². The molecule has 0 amide bonds. The van der Waals surface area contributed by atoms with E-state index >= 15 is 0 Å². The van der Waals surface area contributed by atoms with Crippen LogP contribution in [0.5, 0.6) is 0 Å². The van der Waals surface area contributed by atoms with E-state index in [0.717, 1.165) is 13.0 Å². The van der Waals surface area contributed by atoms with Crippen molar-refractivity contribution in [2.75, 3.05) is 13.2 Å². The number of piperidine rings is 2. The smallest absolute Gasteiger partial charge is 0.0958 e. The average Bonchev–Trinajstić information content (AvgIpc) is 2.46. The summed E-state index contributed by atoms with van der Waals surface area (Å²) in [7, 11) is 0. The molecule has 1 unspecified atom stereocenters. The van der Waals surface area contributed by atoms with E-state index in [-0.39, 0.29) is 23.3 Å². The summed E-state index contributed by atoms with van der Waals surface area (Å²) >= 11 is 0. The van der Waals surface area contributed by atoms with Crippen molar-refractivity contribution in [3.63, 3.8) is 0 Å². The SMILES string of the molecule is CCC1(CC)CCCC(C)(C)N1C1(CO)CCCCN1. The molecule has 0 bridgehead atoms.